The molecule has 21 heavy (non-hydrogen) atoms. The fourth-order valence-electron chi connectivity index (χ4n) is 2.68. The Bertz CT molecular complexity index is 520. The molecule has 2 fully saturated rings. The summed E-state index contributed by atoms with van der Waals surface area (Å²) in [4.78, 5) is 14.1. The third-order valence-electron chi connectivity index (χ3n) is 3.82. The van der Waals surface area contributed by atoms with Crippen LogP contribution in [0.1, 0.15) is 25.7 Å². The molecule has 1 aliphatic carbocycles. The molecule has 0 radical (unpaired) electrons. The highest BCUT2D eigenvalue weighted by molar-refractivity contribution is 5.99. The second-order valence-corrected chi connectivity index (χ2v) is 5.47. The number of para-hydroxylation sites is 2. The molecule has 0 bridgehead atoms. The van der Waals surface area contributed by atoms with Gasteiger partial charge in [-0.1, -0.05) is 12.1 Å². The zero-order valence-corrected chi connectivity index (χ0v) is 11.6. The van der Waals surface area contributed by atoms with Gasteiger partial charge in [0, 0.05) is 12.6 Å². The highest BCUT2D eigenvalue weighted by atomic mass is 19.3. The smallest absolute Gasteiger partial charge is 0.387 e. The molecule has 1 heterocycles. The number of rotatable bonds is 5. The van der Waals surface area contributed by atoms with Crippen LogP contribution in [0.2, 0.25) is 0 Å². The minimum atomic E-state index is -2.90. The Hall–Kier alpha value is -1.69. The summed E-state index contributed by atoms with van der Waals surface area (Å²) < 4.78 is 29.5. The lowest BCUT2D eigenvalue weighted by atomic mass is 10.0. The lowest BCUT2D eigenvalue weighted by Gasteiger charge is -2.33. The van der Waals surface area contributed by atoms with Crippen LogP contribution in [-0.4, -0.2) is 31.1 Å². The molecule has 3 rings (SSSR count). The van der Waals surface area contributed by atoms with Crippen molar-refractivity contribution in [1.29, 1.82) is 0 Å². The van der Waals surface area contributed by atoms with E-state index in [4.69, 9.17) is 0 Å². The van der Waals surface area contributed by atoms with E-state index in [1.807, 2.05) is 0 Å². The van der Waals surface area contributed by atoms with Crippen LogP contribution in [0.4, 0.5) is 14.5 Å². The van der Waals surface area contributed by atoms with Crippen molar-refractivity contribution in [2.24, 2.45) is 0 Å². The van der Waals surface area contributed by atoms with E-state index >= 15 is 0 Å². The van der Waals surface area contributed by atoms with Crippen LogP contribution in [0.5, 0.6) is 5.75 Å². The topological polar surface area (TPSA) is 41.6 Å². The van der Waals surface area contributed by atoms with Crippen LogP contribution < -0.4 is 15.0 Å². The zero-order valence-electron chi connectivity index (χ0n) is 11.6. The standard InChI is InChI=1S/C15H18F2N2O2/c16-15(17)21-13-6-2-1-5-12(13)19-9-3-4-11(14(19)20)18-10-7-8-10/h1-2,5-6,10-11,15,18H,3-4,7-9H2. The first kappa shape index (κ1) is 14.3. The summed E-state index contributed by atoms with van der Waals surface area (Å²) >= 11 is 0. The van der Waals surface area contributed by atoms with E-state index in [9.17, 15) is 13.6 Å². The maximum atomic E-state index is 12.5. The van der Waals surface area contributed by atoms with E-state index in [1.165, 1.54) is 6.07 Å². The number of ether oxygens (including phenoxy) is 1. The number of halogens is 2. The van der Waals surface area contributed by atoms with Crippen LogP contribution in [-0.2, 0) is 4.79 Å². The highest BCUT2D eigenvalue weighted by Crippen LogP contribution is 2.32. The minimum absolute atomic E-state index is 0.0490. The molecule has 1 aromatic rings. The number of nitrogens with zero attached hydrogens (tertiary/aromatic N) is 1. The van der Waals surface area contributed by atoms with E-state index < -0.39 is 6.61 Å². The van der Waals surface area contributed by atoms with Gasteiger partial charge in [-0.3, -0.25) is 4.79 Å². The summed E-state index contributed by atoms with van der Waals surface area (Å²) in [7, 11) is 0. The average molecular weight is 296 g/mol. The van der Waals surface area contributed by atoms with Crippen LogP contribution in [0.15, 0.2) is 24.3 Å². The van der Waals surface area contributed by atoms with Crippen molar-refractivity contribution in [3.8, 4) is 5.75 Å². The Morgan fingerprint density at radius 3 is 2.71 bits per heavy atom. The molecule has 0 spiro atoms. The lowest BCUT2D eigenvalue weighted by molar-refractivity contribution is -0.121. The quantitative estimate of drug-likeness (QED) is 0.908. The molecule has 1 atom stereocenters. The van der Waals surface area contributed by atoms with Gasteiger partial charge < -0.3 is 15.0 Å². The number of alkyl halides is 2. The molecule has 1 unspecified atom stereocenters. The Balaban J connectivity index is 1.79. The van der Waals surface area contributed by atoms with Crippen molar-refractivity contribution in [2.75, 3.05) is 11.4 Å². The number of anilines is 1. The van der Waals surface area contributed by atoms with Gasteiger partial charge in [-0.15, -0.1) is 0 Å². The molecule has 4 nitrogen and oxygen atoms in total. The zero-order chi connectivity index (χ0) is 14.8. The van der Waals surface area contributed by atoms with Crippen LogP contribution in [0, 0.1) is 0 Å². The summed E-state index contributed by atoms with van der Waals surface area (Å²) in [5.74, 6) is -0.00797. The SMILES string of the molecule is O=C1C(NC2CC2)CCCN1c1ccccc1OC(F)F. The number of hydrogen-bond donors (Lipinski definition) is 1. The number of benzene rings is 1. The number of nitrogens with one attached hydrogen (secondary N) is 1. The lowest BCUT2D eigenvalue weighted by Crippen LogP contribution is -2.51. The number of carbonyl (C=O) groups is 1. The maximum absolute atomic E-state index is 12.5. The predicted octanol–water partition coefficient (Wildman–Crippen LogP) is 2.54. The van der Waals surface area contributed by atoms with Crippen LogP contribution >= 0.6 is 0 Å². The van der Waals surface area contributed by atoms with Gasteiger partial charge in [-0.2, -0.15) is 8.78 Å². The molecular weight excluding hydrogens is 278 g/mol. The normalized spacial score (nSPS) is 22.7. The second-order valence-electron chi connectivity index (χ2n) is 5.47. The fraction of sp³-hybridized carbons (Fsp3) is 0.533. The Kier molecular flexibility index (Phi) is 4.05. The third kappa shape index (κ3) is 3.32. The molecule has 1 amide bonds. The molecule has 6 heteroatoms. The van der Waals surface area contributed by atoms with Gasteiger partial charge in [-0.25, -0.2) is 0 Å². The first-order valence-corrected chi connectivity index (χ1v) is 7.26. The average Bonchev–Trinajstić information content (AvgIpc) is 3.26. The minimum Gasteiger partial charge on any atom is -0.433 e. The molecule has 114 valence electrons. The molecule has 1 aliphatic heterocycles. The van der Waals surface area contributed by atoms with Crippen molar-refractivity contribution >= 4 is 11.6 Å². The fourth-order valence-corrected chi connectivity index (χ4v) is 2.68. The van der Waals surface area contributed by atoms with Gasteiger partial charge in [0.25, 0.3) is 0 Å². The number of carbonyl (C=O) groups excluding carboxylic acids is 1. The summed E-state index contributed by atoms with van der Waals surface area (Å²) in [5.41, 5.74) is 0.421. The van der Waals surface area contributed by atoms with Gasteiger partial charge in [0.05, 0.1) is 11.7 Å². The number of piperidine rings is 1. The molecule has 0 aromatic heterocycles. The van der Waals surface area contributed by atoms with Gasteiger partial charge in [0.2, 0.25) is 5.91 Å². The van der Waals surface area contributed by atoms with Gasteiger partial charge in [0.1, 0.15) is 5.75 Å². The third-order valence-corrected chi connectivity index (χ3v) is 3.82. The Morgan fingerprint density at radius 1 is 1.24 bits per heavy atom. The van der Waals surface area contributed by atoms with E-state index in [0.29, 0.717) is 18.3 Å². The van der Waals surface area contributed by atoms with E-state index in [2.05, 4.69) is 10.1 Å². The van der Waals surface area contributed by atoms with Crippen LogP contribution in [0.3, 0.4) is 0 Å². The molecule has 1 N–H and O–H groups in total. The predicted molar refractivity (Wildman–Crippen MR) is 74.6 cm³/mol. The summed E-state index contributed by atoms with van der Waals surface area (Å²) in [6, 6.07) is 6.67. The summed E-state index contributed by atoms with van der Waals surface area (Å²) in [5, 5.41) is 3.32. The van der Waals surface area contributed by atoms with Crippen molar-refractivity contribution < 1.29 is 18.3 Å². The first-order valence-electron chi connectivity index (χ1n) is 7.26. The Labute approximate surface area is 122 Å². The number of hydrogen-bond acceptors (Lipinski definition) is 3. The molecular formula is C15H18F2N2O2. The van der Waals surface area contributed by atoms with E-state index in [1.54, 1.807) is 23.1 Å². The van der Waals surface area contributed by atoms with Crippen molar-refractivity contribution in [3.05, 3.63) is 24.3 Å². The summed E-state index contributed by atoms with van der Waals surface area (Å²) in [6.07, 6.45) is 3.85. The van der Waals surface area contributed by atoms with Gasteiger partial charge >= 0.3 is 6.61 Å². The molecule has 2 aliphatic rings. The first-order chi connectivity index (χ1) is 10.1. The molecule has 1 saturated carbocycles. The van der Waals surface area contributed by atoms with E-state index in [0.717, 1.165) is 25.7 Å². The molecule has 1 aromatic carbocycles. The maximum Gasteiger partial charge on any atom is 0.387 e. The highest BCUT2D eigenvalue weighted by Gasteiger charge is 2.34. The monoisotopic (exact) mass is 296 g/mol. The van der Waals surface area contributed by atoms with Gasteiger partial charge in [0.15, 0.2) is 0 Å². The largest absolute Gasteiger partial charge is 0.433 e. The van der Waals surface area contributed by atoms with Crippen molar-refractivity contribution in [2.45, 2.75) is 44.4 Å². The van der Waals surface area contributed by atoms with Crippen LogP contribution in [0.25, 0.3) is 0 Å². The van der Waals surface area contributed by atoms with Crippen molar-refractivity contribution in [3.63, 3.8) is 0 Å². The van der Waals surface area contributed by atoms with Crippen molar-refractivity contribution in [1.82, 2.24) is 5.32 Å². The van der Waals surface area contributed by atoms with E-state index in [-0.39, 0.29) is 17.7 Å². The second kappa shape index (κ2) is 5.97. The Morgan fingerprint density at radius 2 is 2.00 bits per heavy atom. The van der Waals surface area contributed by atoms with Gasteiger partial charge in [-0.05, 0) is 37.8 Å². The molecule has 1 saturated heterocycles. The summed E-state index contributed by atoms with van der Waals surface area (Å²) in [6.45, 7) is -2.36. The number of amides is 1.